The fourth-order valence-corrected chi connectivity index (χ4v) is 4.36. The standard InChI is InChI=1S/C18H28N2O4S/c1-6-24-16-8-7-15(13-14(16)2)25(22,23)20-11-9-19(10-12-20)17(21)18(3,4)5/h7-8,13H,6,9-12H2,1-5H3. The zero-order valence-electron chi connectivity index (χ0n) is 15.7. The Kier molecular flexibility index (Phi) is 5.79. The summed E-state index contributed by atoms with van der Waals surface area (Å²) in [5, 5.41) is 0. The van der Waals surface area contributed by atoms with Crippen LogP contribution < -0.4 is 4.74 Å². The van der Waals surface area contributed by atoms with Crippen LogP contribution in [0.3, 0.4) is 0 Å². The third kappa shape index (κ3) is 4.33. The smallest absolute Gasteiger partial charge is 0.243 e. The lowest BCUT2D eigenvalue weighted by molar-refractivity contribution is -0.140. The Hall–Kier alpha value is -1.60. The van der Waals surface area contributed by atoms with E-state index in [-0.39, 0.29) is 10.8 Å². The molecule has 0 N–H and O–H groups in total. The molecule has 1 amide bonds. The molecular weight excluding hydrogens is 340 g/mol. The number of ether oxygens (including phenoxy) is 1. The Labute approximate surface area is 150 Å². The maximum atomic E-state index is 12.9. The zero-order valence-corrected chi connectivity index (χ0v) is 16.5. The molecule has 0 radical (unpaired) electrons. The fourth-order valence-electron chi connectivity index (χ4n) is 2.85. The molecule has 0 bridgehead atoms. The van der Waals surface area contributed by atoms with Crippen molar-refractivity contribution >= 4 is 15.9 Å². The Morgan fingerprint density at radius 3 is 2.24 bits per heavy atom. The minimum atomic E-state index is -3.56. The average Bonchev–Trinajstić information content (AvgIpc) is 2.55. The molecular formula is C18H28N2O4S. The maximum Gasteiger partial charge on any atom is 0.243 e. The number of sulfonamides is 1. The second kappa shape index (κ2) is 7.33. The van der Waals surface area contributed by atoms with Gasteiger partial charge in [-0.05, 0) is 37.6 Å². The summed E-state index contributed by atoms with van der Waals surface area (Å²) in [6.07, 6.45) is 0. The first-order chi connectivity index (χ1) is 11.6. The third-order valence-corrected chi connectivity index (χ3v) is 6.15. The summed E-state index contributed by atoms with van der Waals surface area (Å²) in [4.78, 5) is 14.3. The van der Waals surface area contributed by atoms with Crippen molar-refractivity contribution < 1.29 is 17.9 Å². The van der Waals surface area contributed by atoms with Crippen LogP contribution in [0.2, 0.25) is 0 Å². The number of hydrogen-bond donors (Lipinski definition) is 0. The van der Waals surface area contributed by atoms with Crippen molar-refractivity contribution in [3.05, 3.63) is 23.8 Å². The van der Waals surface area contributed by atoms with E-state index in [4.69, 9.17) is 4.74 Å². The van der Waals surface area contributed by atoms with E-state index in [1.165, 1.54) is 4.31 Å². The summed E-state index contributed by atoms with van der Waals surface area (Å²) in [5.74, 6) is 0.753. The molecule has 1 aliphatic heterocycles. The van der Waals surface area contributed by atoms with Gasteiger partial charge in [-0.1, -0.05) is 20.8 Å². The molecule has 1 saturated heterocycles. The predicted octanol–water partition coefficient (Wildman–Crippen LogP) is 2.27. The first-order valence-corrected chi connectivity index (χ1v) is 10.0. The highest BCUT2D eigenvalue weighted by Crippen LogP contribution is 2.25. The van der Waals surface area contributed by atoms with E-state index in [1.54, 1.807) is 23.1 Å². The number of carbonyl (C=O) groups excluding carboxylic acids is 1. The largest absolute Gasteiger partial charge is 0.494 e. The van der Waals surface area contributed by atoms with Crippen molar-refractivity contribution in [2.45, 2.75) is 39.5 Å². The second-order valence-corrected chi connectivity index (χ2v) is 9.24. The SMILES string of the molecule is CCOc1ccc(S(=O)(=O)N2CCN(C(=O)C(C)(C)C)CC2)cc1C. The normalized spacial score (nSPS) is 16.8. The molecule has 25 heavy (non-hydrogen) atoms. The van der Waals surface area contributed by atoms with Crippen molar-refractivity contribution in [1.82, 2.24) is 9.21 Å². The quantitative estimate of drug-likeness (QED) is 0.818. The molecule has 140 valence electrons. The van der Waals surface area contributed by atoms with Gasteiger partial charge in [0.05, 0.1) is 11.5 Å². The molecule has 1 aromatic rings. The number of amides is 1. The van der Waals surface area contributed by atoms with Gasteiger partial charge in [-0.3, -0.25) is 4.79 Å². The molecule has 0 aromatic heterocycles. The molecule has 0 aliphatic carbocycles. The van der Waals surface area contributed by atoms with Crippen molar-refractivity contribution in [3.8, 4) is 5.75 Å². The monoisotopic (exact) mass is 368 g/mol. The minimum absolute atomic E-state index is 0.0569. The van der Waals surface area contributed by atoms with Crippen LogP contribution in [-0.4, -0.2) is 56.3 Å². The first kappa shape index (κ1) is 19.7. The van der Waals surface area contributed by atoms with Crippen LogP contribution in [0.15, 0.2) is 23.1 Å². The lowest BCUT2D eigenvalue weighted by atomic mass is 9.94. The summed E-state index contributed by atoms with van der Waals surface area (Å²) < 4.78 is 32.6. The fraction of sp³-hybridized carbons (Fsp3) is 0.611. The van der Waals surface area contributed by atoms with Crippen LogP contribution in [0, 0.1) is 12.3 Å². The van der Waals surface area contributed by atoms with Crippen molar-refractivity contribution in [1.29, 1.82) is 0 Å². The Morgan fingerprint density at radius 1 is 1.16 bits per heavy atom. The van der Waals surface area contributed by atoms with Crippen LogP contribution in [-0.2, 0) is 14.8 Å². The van der Waals surface area contributed by atoms with Gasteiger partial charge in [0.1, 0.15) is 5.75 Å². The second-order valence-electron chi connectivity index (χ2n) is 7.31. The summed E-state index contributed by atoms with van der Waals surface area (Å²) in [5.41, 5.74) is 0.345. The van der Waals surface area contributed by atoms with Crippen LogP contribution in [0.4, 0.5) is 0 Å². The number of piperazine rings is 1. The molecule has 7 heteroatoms. The summed E-state index contributed by atoms with van der Waals surface area (Å²) in [7, 11) is -3.56. The van der Waals surface area contributed by atoms with Crippen LogP contribution in [0.5, 0.6) is 5.75 Å². The summed E-state index contributed by atoms with van der Waals surface area (Å²) in [6.45, 7) is 11.4. The molecule has 1 aliphatic rings. The first-order valence-electron chi connectivity index (χ1n) is 8.60. The molecule has 0 spiro atoms. The molecule has 1 fully saturated rings. The Morgan fingerprint density at radius 2 is 1.76 bits per heavy atom. The lowest BCUT2D eigenvalue weighted by Gasteiger charge is -2.37. The lowest BCUT2D eigenvalue weighted by Crippen LogP contribution is -2.52. The predicted molar refractivity (Wildman–Crippen MR) is 97.1 cm³/mol. The summed E-state index contributed by atoms with van der Waals surface area (Å²) in [6, 6.07) is 4.93. The number of carbonyl (C=O) groups is 1. The number of nitrogens with zero attached hydrogens (tertiary/aromatic N) is 2. The number of rotatable bonds is 4. The van der Waals surface area contributed by atoms with Gasteiger partial charge in [-0.25, -0.2) is 8.42 Å². The van der Waals surface area contributed by atoms with Crippen LogP contribution in [0.25, 0.3) is 0 Å². The topological polar surface area (TPSA) is 66.9 Å². The van der Waals surface area contributed by atoms with E-state index in [0.717, 1.165) is 5.56 Å². The molecule has 6 nitrogen and oxygen atoms in total. The maximum absolute atomic E-state index is 12.9. The molecule has 1 aromatic carbocycles. The van der Waals surface area contributed by atoms with Gasteiger partial charge in [0.25, 0.3) is 0 Å². The highest BCUT2D eigenvalue weighted by molar-refractivity contribution is 7.89. The van der Waals surface area contributed by atoms with Gasteiger partial charge in [0, 0.05) is 31.6 Å². The summed E-state index contributed by atoms with van der Waals surface area (Å²) >= 11 is 0. The van der Waals surface area contributed by atoms with E-state index < -0.39 is 15.4 Å². The number of benzene rings is 1. The molecule has 0 unspecified atom stereocenters. The Balaban J connectivity index is 2.12. The van der Waals surface area contributed by atoms with E-state index in [9.17, 15) is 13.2 Å². The van der Waals surface area contributed by atoms with E-state index in [0.29, 0.717) is 38.5 Å². The van der Waals surface area contributed by atoms with Gasteiger partial charge in [-0.2, -0.15) is 4.31 Å². The van der Waals surface area contributed by atoms with Crippen LogP contribution in [0.1, 0.15) is 33.3 Å². The third-order valence-electron chi connectivity index (χ3n) is 4.25. The van der Waals surface area contributed by atoms with Gasteiger partial charge in [0.2, 0.25) is 15.9 Å². The molecule has 0 saturated carbocycles. The van der Waals surface area contributed by atoms with E-state index >= 15 is 0 Å². The number of aryl methyl sites for hydroxylation is 1. The zero-order chi connectivity index (χ0) is 18.8. The average molecular weight is 368 g/mol. The van der Waals surface area contributed by atoms with Gasteiger partial charge >= 0.3 is 0 Å². The van der Waals surface area contributed by atoms with E-state index in [1.807, 2.05) is 34.6 Å². The van der Waals surface area contributed by atoms with Gasteiger partial charge in [0.15, 0.2) is 0 Å². The van der Waals surface area contributed by atoms with Gasteiger partial charge < -0.3 is 9.64 Å². The molecule has 2 rings (SSSR count). The molecule has 0 atom stereocenters. The molecule has 1 heterocycles. The number of hydrogen-bond acceptors (Lipinski definition) is 4. The Bertz CT molecular complexity index is 730. The highest BCUT2D eigenvalue weighted by Gasteiger charge is 2.33. The minimum Gasteiger partial charge on any atom is -0.494 e. The van der Waals surface area contributed by atoms with Crippen molar-refractivity contribution in [3.63, 3.8) is 0 Å². The highest BCUT2D eigenvalue weighted by atomic mass is 32.2. The van der Waals surface area contributed by atoms with Crippen LogP contribution >= 0.6 is 0 Å². The van der Waals surface area contributed by atoms with Gasteiger partial charge in [-0.15, -0.1) is 0 Å². The van der Waals surface area contributed by atoms with E-state index in [2.05, 4.69) is 0 Å². The van der Waals surface area contributed by atoms with Crippen molar-refractivity contribution in [2.75, 3.05) is 32.8 Å². The van der Waals surface area contributed by atoms with Crippen molar-refractivity contribution in [2.24, 2.45) is 5.41 Å².